The first kappa shape index (κ1) is 16.4. The highest BCUT2D eigenvalue weighted by atomic mass is 16.1. The number of nitrogens with zero attached hydrogens (tertiary/aromatic N) is 1. The molecule has 0 radical (unpaired) electrons. The highest BCUT2D eigenvalue weighted by Crippen LogP contribution is 2.21. The summed E-state index contributed by atoms with van der Waals surface area (Å²) in [6, 6.07) is 16.1. The minimum absolute atomic E-state index is 0.0230. The molecule has 0 aliphatic heterocycles. The van der Waals surface area contributed by atoms with Crippen LogP contribution in [0.2, 0.25) is 0 Å². The van der Waals surface area contributed by atoms with Gasteiger partial charge >= 0.3 is 5.69 Å². The van der Waals surface area contributed by atoms with Crippen LogP contribution < -0.4 is 11.0 Å². The van der Waals surface area contributed by atoms with Crippen molar-refractivity contribution in [3.8, 4) is 0 Å². The van der Waals surface area contributed by atoms with E-state index in [4.69, 9.17) is 0 Å². The second-order valence-electron chi connectivity index (χ2n) is 6.51. The zero-order valence-electron chi connectivity index (χ0n) is 14.4. The molecule has 3 aromatic rings. The smallest absolute Gasteiger partial charge is 0.326 e. The van der Waals surface area contributed by atoms with Gasteiger partial charge in [0.1, 0.15) is 0 Å². The molecule has 0 saturated heterocycles. The normalized spacial score (nSPS) is 12.4. The maximum Gasteiger partial charge on any atom is 0.326 e. The van der Waals surface area contributed by atoms with Gasteiger partial charge in [-0.1, -0.05) is 44.9 Å². The first-order valence-corrected chi connectivity index (χ1v) is 8.72. The Balaban J connectivity index is 1.83. The number of imidazole rings is 1. The molecule has 1 heterocycles. The molecule has 4 heteroatoms. The van der Waals surface area contributed by atoms with Crippen molar-refractivity contribution in [2.45, 2.75) is 39.7 Å². The quantitative estimate of drug-likeness (QED) is 0.650. The van der Waals surface area contributed by atoms with Crippen molar-refractivity contribution in [3.63, 3.8) is 0 Å². The Hall–Kier alpha value is -2.49. The van der Waals surface area contributed by atoms with Crippen molar-refractivity contribution < 1.29 is 0 Å². The van der Waals surface area contributed by atoms with Crippen molar-refractivity contribution >= 4 is 22.4 Å². The molecule has 1 atom stereocenters. The molecule has 2 aromatic carbocycles. The summed E-state index contributed by atoms with van der Waals surface area (Å²) in [5, 5.41) is 3.36. The number of benzene rings is 2. The molecule has 0 spiro atoms. The minimum atomic E-state index is -0.0230. The van der Waals surface area contributed by atoms with E-state index in [0.29, 0.717) is 5.92 Å². The van der Waals surface area contributed by atoms with Crippen LogP contribution in [0.4, 0.5) is 11.4 Å². The number of aromatic amines is 1. The summed E-state index contributed by atoms with van der Waals surface area (Å²) in [5.41, 5.74) is 3.84. The van der Waals surface area contributed by atoms with Crippen LogP contribution in [-0.2, 0) is 6.54 Å². The lowest BCUT2D eigenvalue weighted by atomic mass is 10.0. The van der Waals surface area contributed by atoms with Gasteiger partial charge in [-0.25, -0.2) is 4.79 Å². The number of H-pyrrole nitrogens is 1. The molecule has 2 N–H and O–H groups in total. The van der Waals surface area contributed by atoms with Crippen LogP contribution in [0.3, 0.4) is 0 Å². The van der Waals surface area contributed by atoms with E-state index < -0.39 is 0 Å². The van der Waals surface area contributed by atoms with E-state index in [2.05, 4.69) is 24.1 Å². The second kappa shape index (κ2) is 7.39. The number of fused-ring (bicyclic) bond motifs is 1. The number of rotatable bonds is 7. The van der Waals surface area contributed by atoms with Crippen LogP contribution in [-0.4, -0.2) is 9.55 Å². The number of nitrogens with one attached hydrogen (secondary N) is 2. The summed E-state index contributed by atoms with van der Waals surface area (Å²) in [7, 11) is 0. The van der Waals surface area contributed by atoms with Gasteiger partial charge in [-0.3, -0.25) is 4.57 Å². The van der Waals surface area contributed by atoms with E-state index in [1.54, 1.807) is 0 Å². The van der Waals surface area contributed by atoms with Gasteiger partial charge in [0.25, 0.3) is 0 Å². The number of para-hydroxylation sites is 1. The third-order valence-electron chi connectivity index (χ3n) is 4.38. The maximum atomic E-state index is 12.3. The average Bonchev–Trinajstić information content (AvgIpc) is 2.89. The van der Waals surface area contributed by atoms with E-state index in [9.17, 15) is 4.79 Å². The number of unbranched alkanes of at least 4 members (excludes halogenated alkanes) is 1. The summed E-state index contributed by atoms with van der Waals surface area (Å²) in [6.07, 6.45) is 3.56. The fourth-order valence-electron chi connectivity index (χ4n) is 3.07. The number of anilines is 2. The Morgan fingerprint density at radius 3 is 2.67 bits per heavy atom. The van der Waals surface area contributed by atoms with Gasteiger partial charge in [-0.15, -0.1) is 0 Å². The van der Waals surface area contributed by atoms with E-state index in [-0.39, 0.29) is 5.69 Å². The molecule has 1 unspecified atom stereocenters. The van der Waals surface area contributed by atoms with Crippen molar-refractivity contribution in [3.05, 3.63) is 59.0 Å². The number of hydrogen-bond donors (Lipinski definition) is 2. The SMILES string of the molecule is CCCCC(C)Cn1c(=O)[nH]c2cc(Nc3ccccc3)ccc21. The lowest BCUT2D eigenvalue weighted by Crippen LogP contribution is -2.20. The highest BCUT2D eigenvalue weighted by molar-refractivity contribution is 5.80. The van der Waals surface area contributed by atoms with Gasteiger partial charge < -0.3 is 10.3 Å². The van der Waals surface area contributed by atoms with E-state index in [1.165, 1.54) is 12.8 Å². The Morgan fingerprint density at radius 1 is 1.12 bits per heavy atom. The van der Waals surface area contributed by atoms with Gasteiger partial charge in [-0.05, 0) is 42.7 Å². The van der Waals surface area contributed by atoms with Crippen LogP contribution in [0.25, 0.3) is 11.0 Å². The summed E-state index contributed by atoms with van der Waals surface area (Å²) < 4.78 is 1.86. The molecule has 0 aliphatic carbocycles. The first-order valence-electron chi connectivity index (χ1n) is 8.72. The molecule has 0 amide bonds. The Labute approximate surface area is 142 Å². The average molecular weight is 323 g/mol. The minimum Gasteiger partial charge on any atom is -0.355 e. The topological polar surface area (TPSA) is 49.8 Å². The Morgan fingerprint density at radius 2 is 1.92 bits per heavy atom. The lowest BCUT2D eigenvalue weighted by molar-refractivity contribution is 0.435. The molecule has 1 aromatic heterocycles. The highest BCUT2D eigenvalue weighted by Gasteiger charge is 2.11. The summed E-state index contributed by atoms with van der Waals surface area (Å²) in [4.78, 5) is 15.3. The molecule has 0 fully saturated rings. The van der Waals surface area contributed by atoms with E-state index in [0.717, 1.165) is 35.4 Å². The molecular weight excluding hydrogens is 298 g/mol. The summed E-state index contributed by atoms with van der Waals surface area (Å²) in [5.74, 6) is 0.503. The fraction of sp³-hybridized carbons (Fsp3) is 0.350. The second-order valence-corrected chi connectivity index (χ2v) is 6.51. The van der Waals surface area contributed by atoms with Crippen LogP contribution in [0, 0.1) is 5.92 Å². The zero-order chi connectivity index (χ0) is 16.9. The van der Waals surface area contributed by atoms with Gasteiger partial charge in [-0.2, -0.15) is 0 Å². The molecule has 0 bridgehead atoms. The Bertz CT molecular complexity index is 848. The van der Waals surface area contributed by atoms with E-state index in [1.807, 2.05) is 53.1 Å². The molecule has 4 nitrogen and oxygen atoms in total. The van der Waals surface area contributed by atoms with Crippen molar-refractivity contribution in [1.82, 2.24) is 9.55 Å². The van der Waals surface area contributed by atoms with Gasteiger partial charge in [0.15, 0.2) is 0 Å². The molecule has 3 rings (SSSR count). The first-order chi connectivity index (χ1) is 11.7. The van der Waals surface area contributed by atoms with Crippen molar-refractivity contribution in [2.75, 3.05) is 5.32 Å². The van der Waals surface area contributed by atoms with Crippen LogP contribution in [0.5, 0.6) is 0 Å². The maximum absolute atomic E-state index is 12.3. The van der Waals surface area contributed by atoms with Crippen molar-refractivity contribution in [2.24, 2.45) is 5.92 Å². The van der Waals surface area contributed by atoms with Gasteiger partial charge in [0.05, 0.1) is 11.0 Å². The predicted octanol–water partition coefficient (Wildman–Crippen LogP) is 4.90. The van der Waals surface area contributed by atoms with E-state index >= 15 is 0 Å². The van der Waals surface area contributed by atoms with Crippen LogP contribution >= 0.6 is 0 Å². The molecule has 0 saturated carbocycles. The molecular formula is C20H25N3O. The van der Waals surface area contributed by atoms with Crippen LogP contribution in [0.15, 0.2) is 53.3 Å². The van der Waals surface area contributed by atoms with Gasteiger partial charge in [0, 0.05) is 17.9 Å². The molecule has 126 valence electrons. The fourth-order valence-corrected chi connectivity index (χ4v) is 3.07. The largest absolute Gasteiger partial charge is 0.355 e. The third-order valence-corrected chi connectivity index (χ3v) is 4.38. The van der Waals surface area contributed by atoms with Crippen LogP contribution in [0.1, 0.15) is 33.1 Å². The molecule has 24 heavy (non-hydrogen) atoms. The monoisotopic (exact) mass is 323 g/mol. The predicted molar refractivity (Wildman–Crippen MR) is 101 cm³/mol. The zero-order valence-corrected chi connectivity index (χ0v) is 14.4. The standard InChI is InChI=1S/C20H25N3O/c1-3-4-8-15(2)14-23-19-12-11-17(13-18(19)22-20(23)24)21-16-9-6-5-7-10-16/h5-7,9-13,15,21H,3-4,8,14H2,1-2H3,(H,22,24). The summed E-state index contributed by atoms with van der Waals surface area (Å²) in [6.45, 7) is 5.18. The number of hydrogen-bond acceptors (Lipinski definition) is 2. The van der Waals surface area contributed by atoms with Gasteiger partial charge in [0.2, 0.25) is 0 Å². The molecule has 0 aliphatic rings. The van der Waals surface area contributed by atoms with Crippen molar-refractivity contribution in [1.29, 1.82) is 0 Å². The lowest BCUT2D eigenvalue weighted by Gasteiger charge is -2.12. The number of aromatic nitrogens is 2. The Kier molecular flexibility index (Phi) is 5.04. The third kappa shape index (κ3) is 3.70. The summed E-state index contributed by atoms with van der Waals surface area (Å²) >= 11 is 0.